The molecule has 2 rings (SSSR count). The number of ether oxygens (including phenoxy) is 1. The van der Waals surface area contributed by atoms with Crippen molar-refractivity contribution in [3.63, 3.8) is 0 Å². The predicted molar refractivity (Wildman–Crippen MR) is 67.7 cm³/mol. The van der Waals surface area contributed by atoms with Gasteiger partial charge in [0, 0.05) is 23.0 Å². The molecule has 6 heteroatoms. The third-order valence-corrected chi connectivity index (χ3v) is 2.56. The van der Waals surface area contributed by atoms with Crippen LogP contribution < -0.4 is 4.74 Å². The van der Waals surface area contributed by atoms with Crippen molar-refractivity contribution in [1.29, 1.82) is 0 Å². The molecule has 0 aliphatic rings. The first-order valence-electron chi connectivity index (χ1n) is 4.95. The summed E-state index contributed by atoms with van der Waals surface area (Å²) < 4.78 is 5.49. The van der Waals surface area contributed by atoms with E-state index in [1.165, 1.54) is 12.3 Å². The molecule has 88 valence electrons. The lowest BCUT2D eigenvalue weighted by Gasteiger charge is -2.07. The average Bonchev–Trinajstić information content (AvgIpc) is 2.35. The second kappa shape index (κ2) is 5.09. The first-order valence-corrected chi connectivity index (χ1v) is 6.07. The van der Waals surface area contributed by atoms with Gasteiger partial charge in [0.2, 0.25) is 0 Å². The number of rotatable bonds is 4. The SMILES string of the molecule is O=[N+]([O-])c1ccc(OCCBr)c2cccnc12. The second-order valence-electron chi connectivity index (χ2n) is 3.28. The fourth-order valence-corrected chi connectivity index (χ4v) is 1.72. The molecule has 0 fully saturated rings. The number of hydrogen-bond donors (Lipinski definition) is 0. The Morgan fingerprint density at radius 2 is 2.24 bits per heavy atom. The number of fused-ring (bicyclic) bond motifs is 1. The van der Waals surface area contributed by atoms with Gasteiger partial charge in [-0.1, -0.05) is 15.9 Å². The van der Waals surface area contributed by atoms with Crippen LogP contribution in [-0.2, 0) is 0 Å². The molecule has 0 aliphatic heterocycles. The zero-order valence-electron chi connectivity index (χ0n) is 8.80. The number of halogens is 1. The topological polar surface area (TPSA) is 65.3 Å². The predicted octanol–water partition coefficient (Wildman–Crippen LogP) is 2.92. The standard InChI is InChI=1S/C11H9BrN2O3/c12-5-7-17-10-4-3-9(14(15)16)11-8(10)2-1-6-13-11/h1-4,6H,5,7H2. The average molecular weight is 297 g/mol. The number of benzene rings is 1. The first kappa shape index (κ1) is 11.8. The molecule has 0 saturated heterocycles. The Balaban J connectivity index is 2.58. The number of aromatic nitrogens is 1. The van der Waals surface area contributed by atoms with Gasteiger partial charge in [-0.3, -0.25) is 10.1 Å². The third-order valence-electron chi connectivity index (χ3n) is 2.24. The number of non-ortho nitro benzene ring substituents is 1. The number of nitrogens with zero attached hydrogens (tertiary/aromatic N) is 2. The fourth-order valence-electron chi connectivity index (χ4n) is 1.55. The first-order chi connectivity index (χ1) is 8.24. The molecule has 0 saturated carbocycles. The zero-order chi connectivity index (χ0) is 12.3. The lowest BCUT2D eigenvalue weighted by Crippen LogP contribution is -1.99. The molecular formula is C11H9BrN2O3. The Hall–Kier alpha value is -1.69. The number of nitro benzene ring substituents is 1. The summed E-state index contributed by atoms with van der Waals surface area (Å²) in [6.45, 7) is 0.502. The molecule has 1 heterocycles. The molecule has 17 heavy (non-hydrogen) atoms. The molecule has 0 aliphatic carbocycles. The van der Waals surface area contributed by atoms with Gasteiger partial charge in [-0.15, -0.1) is 0 Å². The van der Waals surface area contributed by atoms with E-state index in [1.54, 1.807) is 18.2 Å². The lowest BCUT2D eigenvalue weighted by atomic mass is 10.2. The molecule has 2 aromatic rings. The lowest BCUT2D eigenvalue weighted by molar-refractivity contribution is -0.383. The van der Waals surface area contributed by atoms with E-state index in [2.05, 4.69) is 20.9 Å². The smallest absolute Gasteiger partial charge is 0.295 e. The van der Waals surface area contributed by atoms with Crippen LogP contribution in [0, 0.1) is 10.1 Å². The van der Waals surface area contributed by atoms with Crippen molar-refractivity contribution in [1.82, 2.24) is 4.98 Å². The van der Waals surface area contributed by atoms with Crippen LogP contribution >= 0.6 is 15.9 Å². The van der Waals surface area contributed by atoms with E-state index >= 15 is 0 Å². The van der Waals surface area contributed by atoms with Crippen LogP contribution in [0.2, 0.25) is 0 Å². The molecule has 0 amide bonds. The Labute approximate surface area is 106 Å². The largest absolute Gasteiger partial charge is 0.492 e. The van der Waals surface area contributed by atoms with Gasteiger partial charge in [0.15, 0.2) is 5.52 Å². The van der Waals surface area contributed by atoms with E-state index in [4.69, 9.17) is 4.74 Å². The molecular weight excluding hydrogens is 288 g/mol. The highest BCUT2D eigenvalue weighted by atomic mass is 79.9. The van der Waals surface area contributed by atoms with E-state index in [9.17, 15) is 10.1 Å². The summed E-state index contributed by atoms with van der Waals surface area (Å²) in [5.74, 6) is 0.609. The summed E-state index contributed by atoms with van der Waals surface area (Å²) >= 11 is 3.26. The zero-order valence-corrected chi connectivity index (χ0v) is 10.4. The maximum Gasteiger partial charge on any atom is 0.295 e. The summed E-state index contributed by atoms with van der Waals surface area (Å²) in [5, 5.41) is 12.2. The van der Waals surface area contributed by atoms with E-state index in [-0.39, 0.29) is 5.69 Å². The summed E-state index contributed by atoms with van der Waals surface area (Å²) in [5.41, 5.74) is 0.344. The van der Waals surface area contributed by atoms with Crippen LogP contribution in [0.1, 0.15) is 0 Å². The van der Waals surface area contributed by atoms with Gasteiger partial charge < -0.3 is 4.74 Å². The van der Waals surface area contributed by atoms with Gasteiger partial charge in [0.1, 0.15) is 5.75 Å². The van der Waals surface area contributed by atoms with Crippen molar-refractivity contribution < 1.29 is 9.66 Å². The van der Waals surface area contributed by atoms with Crippen molar-refractivity contribution in [2.75, 3.05) is 11.9 Å². The van der Waals surface area contributed by atoms with E-state index < -0.39 is 4.92 Å². The maximum absolute atomic E-state index is 10.9. The van der Waals surface area contributed by atoms with E-state index in [0.29, 0.717) is 28.6 Å². The molecule has 0 unspecified atom stereocenters. The molecule has 5 nitrogen and oxygen atoms in total. The van der Waals surface area contributed by atoms with E-state index in [1.807, 2.05) is 0 Å². The van der Waals surface area contributed by atoms with Crippen molar-refractivity contribution in [3.05, 3.63) is 40.6 Å². The molecule has 1 aromatic heterocycles. The Morgan fingerprint density at radius 1 is 1.41 bits per heavy atom. The summed E-state index contributed by atoms with van der Waals surface area (Å²) in [6.07, 6.45) is 1.53. The van der Waals surface area contributed by atoms with E-state index in [0.717, 1.165) is 0 Å². The maximum atomic E-state index is 10.9. The minimum absolute atomic E-state index is 0.00760. The Morgan fingerprint density at radius 3 is 2.94 bits per heavy atom. The Kier molecular flexibility index (Phi) is 3.53. The monoisotopic (exact) mass is 296 g/mol. The number of nitro groups is 1. The summed E-state index contributed by atoms with van der Waals surface area (Å²) in [7, 11) is 0. The van der Waals surface area contributed by atoms with Crippen LogP contribution in [0.5, 0.6) is 5.75 Å². The van der Waals surface area contributed by atoms with Crippen molar-refractivity contribution in [2.24, 2.45) is 0 Å². The molecule has 0 radical (unpaired) electrons. The van der Waals surface area contributed by atoms with Crippen molar-refractivity contribution >= 4 is 32.5 Å². The highest BCUT2D eigenvalue weighted by molar-refractivity contribution is 9.09. The van der Waals surface area contributed by atoms with Crippen molar-refractivity contribution in [2.45, 2.75) is 0 Å². The quantitative estimate of drug-likeness (QED) is 0.494. The van der Waals surface area contributed by atoms with Crippen LogP contribution in [0.15, 0.2) is 30.5 Å². The van der Waals surface area contributed by atoms with Crippen LogP contribution in [0.3, 0.4) is 0 Å². The van der Waals surface area contributed by atoms with Gasteiger partial charge >= 0.3 is 0 Å². The highest BCUT2D eigenvalue weighted by Gasteiger charge is 2.15. The summed E-state index contributed by atoms with van der Waals surface area (Å²) in [4.78, 5) is 14.5. The van der Waals surface area contributed by atoms with Gasteiger partial charge in [-0.2, -0.15) is 0 Å². The van der Waals surface area contributed by atoms with Crippen LogP contribution in [0.25, 0.3) is 10.9 Å². The van der Waals surface area contributed by atoms with Gasteiger partial charge in [-0.25, -0.2) is 4.98 Å². The number of alkyl halides is 1. The number of pyridine rings is 1. The molecule has 1 aromatic carbocycles. The van der Waals surface area contributed by atoms with Gasteiger partial charge in [0.05, 0.1) is 11.5 Å². The van der Waals surface area contributed by atoms with Gasteiger partial charge in [0.25, 0.3) is 5.69 Å². The number of hydrogen-bond acceptors (Lipinski definition) is 4. The third kappa shape index (κ3) is 2.36. The second-order valence-corrected chi connectivity index (χ2v) is 4.07. The van der Waals surface area contributed by atoms with Crippen LogP contribution in [0.4, 0.5) is 5.69 Å². The normalized spacial score (nSPS) is 10.4. The minimum atomic E-state index is -0.441. The highest BCUT2D eigenvalue weighted by Crippen LogP contribution is 2.31. The molecule has 0 spiro atoms. The molecule has 0 N–H and O–H groups in total. The van der Waals surface area contributed by atoms with Crippen molar-refractivity contribution in [3.8, 4) is 5.75 Å². The fraction of sp³-hybridized carbons (Fsp3) is 0.182. The van der Waals surface area contributed by atoms with Gasteiger partial charge in [-0.05, 0) is 18.2 Å². The summed E-state index contributed by atoms with van der Waals surface area (Å²) in [6, 6.07) is 6.51. The molecule has 0 bridgehead atoms. The minimum Gasteiger partial charge on any atom is -0.492 e. The van der Waals surface area contributed by atoms with Crippen LogP contribution in [-0.4, -0.2) is 21.8 Å². The Bertz CT molecular complexity index is 559. The molecule has 0 atom stereocenters.